The van der Waals surface area contributed by atoms with Crippen molar-refractivity contribution in [2.24, 2.45) is 0 Å². The molecule has 2 amide bonds. The third kappa shape index (κ3) is 8.49. The van der Waals surface area contributed by atoms with Crippen molar-refractivity contribution in [2.45, 2.75) is 94.7 Å². The Kier molecular flexibility index (Phi) is 11.6. The van der Waals surface area contributed by atoms with Crippen LogP contribution in [0.4, 0.5) is 11.9 Å². The van der Waals surface area contributed by atoms with Crippen molar-refractivity contribution in [1.29, 1.82) is 0 Å². The highest BCUT2D eigenvalue weighted by molar-refractivity contribution is 5.89. The van der Waals surface area contributed by atoms with Crippen LogP contribution in [-0.4, -0.2) is 74.6 Å². The monoisotopic (exact) mass is 970 g/mol. The zero-order valence-corrected chi connectivity index (χ0v) is 40.2. The molecule has 1 saturated carbocycles. The number of benzene rings is 4. The number of aromatic amines is 2. The van der Waals surface area contributed by atoms with Gasteiger partial charge in [0.1, 0.15) is 48.4 Å². The summed E-state index contributed by atoms with van der Waals surface area (Å²) in [6.07, 6.45) is 18.6. The Morgan fingerprint density at radius 3 is 1.52 bits per heavy atom. The van der Waals surface area contributed by atoms with Crippen LogP contribution in [0.3, 0.4) is 0 Å². The van der Waals surface area contributed by atoms with Gasteiger partial charge in [0.15, 0.2) is 0 Å². The first-order chi connectivity index (χ1) is 36.0. The molecule has 0 spiro atoms. The molecule has 16 heteroatoms. The molecule has 73 heavy (non-hydrogen) atoms. The summed E-state index contributed by atoms with van der Waals surface area (Å²) >= 11 is 0. The van der Waals surface area contributed by atoms with E-state index in [1.54, 1.807) is 36.9 Å². The lowest BCUT2D eigenvalue weighted by molar-refractivity contribution is -0.134. The van der Waals surface area contributed by atoms with Gasteiger partial charge in [0, 0.05) is 71.3 Å². The van der Waals surface area contributed by atoms with Crippen LogP contribution >= 0.6 is 0 Å². The third-order valence-corrected chi connectivity index (χ3v) is 15.3. The van der Waals surface area contributed by atoms with Crippen molar-refractivity contribution in [3.8, 4) is 45.1 Å². The predicted molar refractivity (Wildman–Crippen MR) is 274 cm³/mol. The second-order valence-corrected chi connectivity index (χ2v) is 19.7. The predicted octanol–water partition coefficient (Wildman–Crippen LogP) is 10.2. The molecule has 4 aliphatic heterocycles. The highest BCUT2D eigenvalue weighted by atomic mass is 16.5. The molecular weight excluding hydrogens is 917 g/mol. The number of likely N-dealkylation sites (tertiary alicyclic amines) is 2. The number of hydrogen-bond donors (Lipinski definition) is 4. The van der Waals surface area contributed by atoms with Gasteiger partial charge in [-0.05, 0) is 97.5 Å². The fourth-order valence-corrected chi connectivity index (χ4v) is 11.7. The largest absolute Gasteiger partial charge is 0.488 e. The van der Waals surface area contributed by atoms with Crippen molar-refractivity contribution in [3.63, 3.8) is 0 Å². The number of H-pyrrole nitrogens is 2. The highest BCUT2D eigenvalue weighted by Gasteiger charge is 2.39. The van der Waals surface area contributed by atoms with E-state index in [0.717, 1.165) is 105 Å². The van der Waals surface area contributed by atoms with Gasteiger partial charge >= 0.3 is 0 Å². The van der Waals surface area contributed by atoms with E-state index in [-0.39, 0.29) is 23.9 Å². The van der Waals surface area contributed by atoms with E-state index in [1.165, 1.54) is 31.2 Å². The number of ether oxygens (including phenoxy) is 2. The average molecular weight is 971 g/mol. The van der Waals surface area contributed by atoms with Crippen LogP contribution in [0.25, 0.3) is 33.6 Å². The number of rotatable bonds is 13. The van der Waals surface area contributed by atoms with Crippen LogP contribution in [0.2, 0.25) is 0 Å². The number of imidazole rings is 2. The van der Waals surface area contributed by atoms with Gasteiger partial charge in [-0.25, -0.2) is 29.9 Å². The van der Waals surface area contributed by atoms with Gasteiger partial charge in [-0.1, -0.05) is 67.4 Å². The molecule has 5 aliphatic rings. The molecule has 366 valence electrons. The van der Waals surface area contributed by atoms with Crippen LogP contribution in [0.1, 0.15) is 121 Å². The zero-order valence-electron chi connectivity index (χ0n) is 40.2. The minimum absolute atomic E-state index is 0.0378. The highest BCUT2D eigenvalue weighted by Crippen LogP contribution is 2.51. The van der Waals surface area contributed by atoms with Crippen LogP contribution in [0.15, 0.2) is 128 Å². The maximum atomic E-state index is 14.7. The maximum absolute atomic E-state index is 14.7. The third-order valence-electron chi connectivity index (χ3n) is 15.3. The Bertz CT molecular complexity index is 3250. The Morgan fingerprint density at radius 2 is 1.03 bits per heavy atom. The maximum Gasteiger partial charge on any atom is 0.250 e. The molecule has 8 heterocycles. The molecule has 16 nitrogen and oxygen atoms in total. The summed E-state index contributed by atoms with van der Waals surface area (Å²) in [4.78, 5) is 67.5. The van der Waals surface area contributed by atoms with Crippen LogP contribution in [0, 0.1) is 0 Å². The molecular formula is C57H54N12O4. The fraction of sp³-hybridized carbons (Fsp3) is 0.298. The number of aromatic nitrogens is 8. The summed E-state index contributed by atoms with van der Waals surface area (Å²) in [7, 11) is 0. The lowest BCUT2D eigenvalue weighted by atomic mass is 9.87. The van der Waals surface area contributed by atoms with E-state index in [2.05, 4.69) is 89.1 Å². The van der Waals surface area contributed by atoms with E-state index < -0.39 is 12.1 Å². The summed E-state index contributed by atoms with van der Waals surface area (Å²) in [6.45, 7) is 1.95. The Labute approximate surface area is 422 Å². The number of anilines is 2. The molecule has 1 aliphatic carbocycles. The second kappa shape index (κ2) is 19.0. The molecule has 3 fully saturated rings. The van der Waals surface area contributed by atoms with Gasteiger partial charge < -0.3 is 39.9 Å². The number of hydrogen-bond acceptors (Lipinski definition) is 12. The van der Waals surface area contributed by atoms with Crippen molar-refractivity contribution in [3.05, 3.63) is 168 Å². The van der Waals surface area contributed by atoms with Crippen molar-refractivity contribution >= 4 is 23.7 Å². The minimum Gasteiger partial charge on any atom is -0.488 e. The minimum atomic E-state index is -0.668. The van der Waals surface area contributed by atoms with Crippen molar-refractivity contribution < 1.29 is 19.1 Å². The summed E-state index contributed by atoms with van der Waals surface area (Å²) < 4.78 is 13.1. The summed E-state index contributed by atoms with van der Waals surface area (Å²) in [6, 6.07) is 28.4. The Hall–Kier alpha value is -8.40. The number of carbonyl (C=O) groups is 2. The van der Waals surface area contributed by atoms with Crippen LogP contribution in [-0.2, 0) is 22.8 Å². The van der Waals surface area contributed by atoms with E-state index in [9.17, 15) is 9.59 Å². The van der Waals surface area contributed by atoms with E-state index in [4.69, 9.17) is 19.4 Å². The van der Waals surface area contributed by atoms with Gasteiger partial charge in [-0.2, -0.15) is 0 Å². The van der Waals surface area contributed by atoms with Gasteiger partial charge in [0.05, 0.1) is 35.9 Å². The summed E-state index contributed by atoms with van der Waals surface area (Å²) in [5.41, 5.74) is 10.7. The number of amides is 2. The molecule has 0 bridgehead atoms. The summed E-state index contributed by atoms with van der Waals surface area (Å²) in [5, 5.41) is 6.65. The van der Waals surface area contributed by atoms with Gasteiger partial charge in [-0.3, -0.25) is 9.59 Å². The lowest BCUT2D eigenvalue weighted by Gasteiger charge is -2.30. The summed E-state index contributed by atoms with van der Waals surface area (Å²) in [5.74, 6) is 4.35. The molecule has 4 atom stereocenters. The zero-order chi connectivity index (χ0) is 48.8. The number of carbonyl (C=O) groups excluding carboxylic acids is 2. The van der Waals surface area contributed by atoms with Crippen molar-refractivity contribution in [2.75, 3.05) is 23.7 Å². The molecule has 4 N–H and O–H groups in total. The topological polar surface area (TPSA) is 192 Å². The number of nitrogens with one attached hydrogen (secondary N) is 4. The SMILES string of the molecule is O=C([C@H](Nc1ncccn1)c1ccccc1)N1CCC[C@H]1c1ncc(-c2cc3c4c(c2)OCc2cc(-c5cnc([C@@H]6CCCN6C(=O)[C@H](Nc6ncccn6)c6ccc(C7CCCC7)cc6)[nH]5)cc(c2-4)OC3)[nH]1. The Morgan fingerprint density at radius 1 is 0.548 bits per heavy atom. The first-order valence-electron chi connectivity index (χ1n) is 25.5. The molecule has 2 saturated heterocycles. The lowest BCUT2D eigenvalue weighted by Crippen LogP contribution is -2.38. The first kappa shape index (κ1) is 44.5. The van der Waals surface area contributed by atoms with Crippen LogP contribution < -0.4 is 20.1 Å². The molecule has 0 radical (unpaired) electrons. The average Bonchev–Trinajstić information content (AvgIpc) is 4.32. The second-order valence-electron chi connectivity index (χ2n) is 19.7. The normalized spacial score (nSPS) is 18.7. The Balaban J connectivity index is 0.732. The van der Waals surface area contributed by atoms with Gasteiger partial charge in [-0.15, -0.1) is 0 Å². The fourth-order valence-electron chi connectivity index (χ4n) is 11.7. The standard InChI is InChI=1S/C57H54N12O4/c70-54(50(36-12-2-1-3-13-36)66-56-58-20-8-21-59-56)68-24-6-14-44(68)52-62-30-42(64-52)38-26-40-32-73-47-29-39(27-41-33-72-46(28-38)48(40)49(41)47)43-31-63-53(65-43)45-15-7-25-69(45)55(71)51(67-57-60-22-9-23-61-57)37-18-16-35(17-19-37)34-10-4-5-11-34/h1-3,8-9,12-13,16-23,26-31,34,44-45,50-51H,4-7,10-11,14-15,24-25,32-33H2,(H,62,64)(H,63,65)(H,58,59,66)(H,60,61,67)/t44-,45-,50+,51+/m0/s1. The van der Waals surface area contributed by atoms with E-state index in [0.29, 0.717) is 44.1 Å². The van der Waals surface area contributed by atoms with Gasteiger partial charge in [0.2, 0.25) is 23.7 Å². The smallest absolute Gasteiger partial charge is 0.250 e. The van der Waals surface area contributed by atoms with E-state index in [1.807, 2.05) is 52.5 Å². The van der Waals surface area contributed by atoms with Crippen molar-refractivity contribution in [1.82, 2.24) is 49.7 Å². The molecule has 13 rings (SSSR count). The van der Waals surface area contributed by atoms with Gasteiger partial charge in [0.25, 0.3) is 0 Å². The molecule has 4 aromatic carbocycles. The quantitative estimate of drug-likeness (QED) is 0.0856. The van der Waals surface area contributed by atoms with E-state index >= 15 is 0 Å². The first-order valence-corrected chi connectivity index (χ1v) is 25.5. The van der Waals surface area contributed by atoms with Crippen LogP contribution in [0.5, 0.6) is 11.5 Å². The molecule has 8 aromatic rings. The number of nitrogens with zero attached hydrogens (tertiary/aromatic N) is 8. The molecule has 4 aromatic heterocycles. The molecule has 0 unspecified atom stereocenters.